The number of hydrogen-bond acceptors (Lipinski definition) is 5. The third-order valence-electron chi connectivity index (χ3n) is 6.97. The number of rotatable bonds is 6. The highest BCUT2D eigenvalue weighted by Crippen LogP contribution is 2.35. The van der Waals surface area contributed by atoms with Gasteiger partial charge in [-0.2, -0.15) is 13.2 Å². The van der Waals surface area contributed by atoms with Crippen LogP contribution in [0.5, 0.6) is 0 Å². The topological polar surface area (TPSA) is 43.9 Å². The van der Waals surface area contributed by atoms with Crippen molar-refractivity contribution in [1.29, 1.82) is 0 Å². The van der Waals surface area contributed by atoms with E-state index in [4.69, 9.17) is 11.6 Å². The molecule has 192 valence electrons. The average Bonchev–Trinajstić information content (AvgIpc) is 2.80. The highest BCUT2D eigenvalue weighted by molar-refractivity contribution is 7.90. The minimum absolute atomic E-state index is 0.00690. The van der Waals surface area contributed by atoms with Gasteiger partial charge in [-0.05, 0) is 61.7 Å². The average molecular weight is 530 g/mol. The molecule has 0 aliphatic carbocycles. The summed E-state index contributed by atoms with van der Waals surface area (Å²) < 4.78 is 62.4. The number of likely N-dealkylation sites (tertiary alicyclic amines) is 1. The van der Waals surface area contributed by atoms with Crippen molar-refractivity contribution in [2.75, 3.05) is 57.0 Å². The summed E-state index contributed by atoms with van der Waals surface area (Å²) >= 11 is 6.59. The third-order valence-corrected chi connectivity index (χ3v) is 8.42. The SMILES string of the molecule is CS(=O)(=O)c1cccc(N2CCN(CC3CCN(CC(F)(F)F)CC3)[C@@H](c3ccccc3Cl)C2)c1. The van der Waals surface area contributed by atoms with Crippen LogP contribution in [0.1, 0.15) is 24.4 Å². The Morgan fingerprint density at radius 1 is 1.00 bits per heavy atom. The van der Waals surface area contributed by atoms with Crippen LogP contribution in [0.2, 0.25) is 5.02 Å². The van der Waals surface area contributed by atoms with Gasteiger partial charge in [0.05, 0.1) is 17.5 Å². The maximum atomic E-state index is 12.8. The Hall–Kier alpha value is -1.81. The molecular formula is C25H31ClF3N3O2S. The van der Waals surface area contributed by atoms with E-state index in [1.54, 1.807) is 18.2 Å². The second kappa shape index (κ2) is 10.7. The van der Waals surface area contributed by atoms with Crippen molar-refractivity contribution >= 4 is 27.1 Å². The lowest BCUT2D eigenvalue weighted by Crippen LogP contribution is -2.51. The fourth-order valence-corrected chi connectivity index (χ4v) is 6.06. The van der Waals surface area contributed by atoms with E-state index in [1.165, 1.54) is 11.2 Å². The maximum Gasteiger partial charge on any atom is 0.401 e. The van der Waals surface area contributed by atoms with E-state index in [0.29, 0.717) is 30.6 Å². The maximum absolute atomic E-state index is 12.8. The second-order valence-electron chi connectivity index (χ2n) is 9.58. The van der Waals surface area contributed by atoms with Gasteiger partial charge in [-0.3, -0.25) is 9.80 Å². The number of benzene rings is 2. The molecule has 0 spiro atoms. The molecule has 2 saturated heterocycles. The van der Waals surface area contributed by atoms with Gasteiger partial charge in [0, 0.05) is 43.1 Å². The molecule has 2 aromatic rings. The van der Waals surface area contributed by atoms with Gasteiger partial charge in [0.1, 0.15) is 0 Å². The van der Waals surface area contributed by atoms with Crippen LogP contribution >= 0.6 is 11.6 Å². The highest BCUT2D eigenvalue weighted by atomic mass is 35.5. The lowest BCUT2D eigenvalue weighted by molar-refractivity contribution is -0.148. The normalized spacial score (nSPS) is 21.4. The first-order valence-corrected chi connectivity index (χ1v) is 14.1. The van der Waals surface area contributed by atoms with Crippen molar-refractivity contribution in [3.8, 4) is 0 Å². The number of sulfone groups is 1. The molecule has 5 nitrogen and oxygen atoms in total. The van der Waals surface area contributed by atoms with Crippen LogP contribution in [0.15, 0.2) is 53.4 Å². The zero-order valence-electron chi connectivity index (χ0n) is 19.7. The predicted octanol–water partition coefficient (Wildman–Crippen LogP) is 4.88. The summed E-state index contributed by atoms with van der Waals surface area (Å²) in [7, 11) is -3.31. The molecule has 2 aromatic carbocycles. The number of hydrogen-bond donors (Lipinski definition) is 0. The highest BCUT2D eigenvalue weighted by Gasteiger charge is 2.35. The van der Waals surface area contributed by atoms with Crippen molar-refractivity contribution in [2.45, 2.75) is 30.0 Å². The number of halogens is 4. The molecule has 4 rings (SSSR count). The zero-order valence-corrected chi connectivity index (χ0v) is 21.3. The van der Waals surface area contributed by atoms with E-state index in [0.717, 1.165) is 43.7 Å². The Morgan fingerprint density at radius 3 is 2.37 bits per heavy atom. The van der Waals surface area contributed by atoms with E-state index >= 15 is 0 Å². The Bertz CT molecular complexity index is 1120. The Kier molecular flexibility index (Phi) is 8.00. The molecule has 35 heavy (non-hydrogen) atoms. The molecular weight excluding hydrogens is 499 g/mol. The minimum Gasteiger partial charge on any atom is -0.368 e. The molecule has 2 heterocycles. The molecule has 2 aliphatic heterocycles. The van der Waals surface area contributed by atoms with Crippen molar-refractivity contribution in [2.24, 2.45) is 5.92 Å². The van der Waals surface area contributed by atoms with E-state index in [2.05, 4.69) is 9.80 Å². The first kappa shape index (κ1) is 26.3. The van der Waals surface area contributed by atoms with Crippen molar-refractivity contribution in [3.05, 3.63) is 59.1 Å². The predicted molar refractivity (Wildman–Crippen MR) is 133 cm³/mol. The van der Waals surface area contributed by atoms with Crippen LogP contribution in [-0.4, -0.2) is 76.5 Å². The summed E-state index contributed by atoms with van der Waals surface area (Å²) in [5.74, 6) is 0.324. The van der Waals surface area contributed by atoms with Crippen LogP contribution in [-0.2, 0) is 9.84 Å². The first-order chi connectivity index (χ1) is 16.5. The molecule has 0 radical (unpaired) electrons. The quantitative estimate of drug-likeness (QED) is 0.533. The molecule has 1 atom stereocenters. The molecule has 2 aliphatic rings. The van der Waals surface area contributed by atoms with Crippen LogP contribution in [0.3, 0.4) is 0 Å². The van der Waals surface area contributed by atoms with Gasteiger partial charge in [-0.25, -0.2) is 8.42 Å². The van der Waals surface area contributed by atoms with E-state index < -0.39 is 22.6 Å². The lowest BCUT2D eigenvalue weighted by Gasteiger charge is -2.45. The van der Waals surface area contributed by atoms with Gasteiger partial charge in [-0.1, -0.05) is 35.9 Å². The van der Waals surface area contributed by atoms with Crippen molar-refractivity contribution in [1.82, 2.24) is 9.80 Å². The Morgan fingerprint density at radius 2 is 1.71 bits per heavy atom. The molecule has 0 unspecified atom stereocenters. The van der Waals surface area contributed by atoms with E-state index in [9.17, 15) is 21.6 Å². The van der Waals surface area contributed by atoms with Crippen LogP contribution < -0.4 is 4.90 Å². The van der Waals surface area contributed by atoms with Crippen molar-refractivity contribution in [3.63, 3.8) is 0 Å². The fraction of sp³-hybridized carbons (Fsp3) is 0.520. The number of piperidine rings is 1. The lowest BCUT2D eigenvalue weighted by atomic mass is 9.93. The monoisotopic (exact) mass is 529 g/mol. The van der Waals surface area contributed by atoms with Gasteiger partial charge < -0.3 is 4.90 Å². The summed E-state index contributed by atoms with van der Waals surface area (Å²) in [5, 5.41) is 0.675. The van der Waals surface area contributed by atoms with Crippen LogP contribution in [0.25, 0.3) is 0 Å². The van der Waals surface area contributed by atoms with Crippen LogP contribution in [0.4, 0.5) is 18.9 Å². The van der Waals surface area contributed by atoms with E-state index in [1.807, 2.05) is 30.3 Å². The van der Waals surface area contributed by atoms with Gasteiger partial charge >= 0.3 is 6.18 Å². The summed E-state index contributed by atoms with van der Waals surface area (Å²) in [5.41, 5.74) is 1.86. The second-order valence-corrected chi connectivity index (χ2v) is 12.0. The molecule has 2 fully saturated rings. The van der Waals surface area contributed by atoms with Gasteiger partial charge in [-0.15, -0.1) is 0 Å². The van der Waals surface area contributed by atoms with Gasteiger partial charge in [0.25, 0.3) is 0 Å². The molecule has 0 N–H and O–H groups in total. The first-order valence-electron chi connectivity index (χ1n) is 11.8. The standard InChI is InChI=1S/C25H31ClF3N3O2S/c1-35(33,34)21-6-4-5-20(15-21)31-13-14-32(24(17-31)22-7-2-3-8-23(22)26)16-19-9-11-30(12-10-19)18-25(27,28)29/h2-8,15,19,24H,9-14,16-18H2,1H3/t24-/m1/s1. The zero-order chi connectivity index (χ0) is 25.2. The minimum atomic E-state index is -4.16. The summed E-state index contributed by atoms with van der Waals surface area (Å²) in [4.78, 5) is 6.36. The third kappa shape index (κ3) is 6.90. The summed E-state index contributed by atoms with van der Waals surface area (Å²) in [6.07, 6.45) is -1.48. The number of piperazine rings is 1. The van der Waals surface area contributed by atoms with Gasteiger partial charge in [0.2, 0.25) is 0 Å². The fourth-order valence-electron chi connectivity index (χ4n) is 5.14. The van der Waals surface area contributed by atoms with E-state index in [-0.39, 0.29) is 10.9 Å². The largest absolute Gasteiger partial charge is 0.401 e. The Labute approximate surface area is 210 Å². The van der Waals surface area contributed by atoms with Crippen molar-refractivity contribution < 1.29 is 21.6 Å². The molecule has 10 heteroatoms. The molecule has 0 saturated carbocycles. The molecule has 0 bridgehead atoms. The summed E-state index contributed by atoms with van der Waals surface area (Å²) in [6, 6.07) is 14.7. The smallest absolute Gasteiger partial charge is 0.368 e. The number of nitrogens with zero attached hydrogens (tertiary/aromatic N) is 3. The number of alkyl halides is 3. The molecule has 0 amide bonds. The van der Waals surface area contributed by atoms with Crippen LogP contribution in [0, 0.1) is 5.92 Å². The van der Waals surface area contributed by atoms with Gasteiger partial charge in [0.15, 0.2) is 9.84 Å². The summed E-state index contributed by atoms with van der Waals surface area (Å²) in [6.45, 7) is 2.99. The number of anilines is 1. The Balaban J connectivity index is 1.50. The molecule has 0 aromatic heterocycles.